The summed E-state index contributed by atoms with van der Waals surface area (Å²) in [5, 5.41) is 10.8. The monoisotopic (exact) mass is 251 g/mol. The minimum Gasteiger partial charge on any atom is -0.238 e. The van der Waals surface area contributed by atoms with E-state index in [0.717, 1.165) is 9.54 Å². The average Bonchev–Trinajstić information content (AvgIpc) is 2.78. The third kappa shape index (κ3) is 2.09. The summed E-state index contributed by atoms with van der Waals surface area (Å²) in [4.78, 5) is 3.86. The van der Waals surface area contributed by atoms with E-state index in [1.807, 2.05) is 6.92 Å². The highest BCUT2D eigenvalue weighted by Crippen LogP contribution is 2.16. The average molecular weight is 251 g/mol. The normalized spacial score (nSPS) is 11.6. The van der Waals surface area contributed by atoms with Crippen LogP contribution in [0.3, 0.4) is 0 Å². The lowest BCUT2D eigenvalue weighted by atomic mass is 10.2. The van der Waals surface area contributed by atoms with Gasteiger partial charge in [-0.1, -0.05) is 17.7 Å². The van der Waals surface area contributed by atoms with Crippen molar-refractivity contribution in [2.45, 2.75) is 18.4 Å². The van der Waals surface area contributed by atoms with Crippen LogP contribution in [-0.2, 0) is 21.7 Å². The number of benzene rings is 1. The van der Waals surface area contributed by atoms with Crippen molar-refractivity contribution in [3.8, 4) is 0 Å². The Morgan fingerprint density at radius 2 is 1.88 bits per heavy atom. The van der Waals surface area contributed by atoms with E-state index < -0.39 is 16.6 Å². The predicted octanol–water partition coefficient (Wildman–Crippen LogP) is 1.36. The Bertz CT molecular complexity index is 614. The summed E-state index contributed by atoms with van der Waals surface area (Å²) in [6.07, 6.45) is 2.58. The maximum absolute atomic E-state index is 12.2. The van der Waals surface area contributed by atoms with E-state index >= 15 is 0 Å². The molecule has 5 nitrogen and oxygen atoms in total. The van der Waals surface area contributed by atoms with Gasteiger partial charge in [-0.3, -0.25) is 0 Å². The molecule has 1 radical (unpaired) electrons. The molecule has 0 atom stereocenters. The molecule has 0 saturated heterocycles. The molecule has 1 heterocycles. The molecule has 0 spiro atoms. The Hall–Kier alpha value is -1.66. The Kier molecular flexibility index (Phi) is 2.99. The second-order valence-electron chi connectivity index (χ2n) is 3.60. The van der Waals surface area contributed by atoms with Gasteiger partial charge in [0.15, 0.2) is 5.82 Å². The molecular formula is C11H11N2O3S. The van der Waals surface area contributed by atoms with Crippen molar-refractivity contribution >= 4 is 10.0 Å². The summed E-state index contributed by atoms with van der Waals surface area (Å²) in [5.74, 6) is -0.00873. The molecule has 0 aliphatic carbocycles. The summed E-state index contributed by atoms with van der Waals surface area (Å²) < 4.78 is 25.3. The quantitative estimate of drug-likeness (QED) is 0.826. The van der Waals surface area contributed by atoms with Crippen LogP contribution >= 0.6 is 0 Å². The summed E-state index contributed by atoms with van der Waals surface area (Å²) in [6, 6.07) is 6.44. The molecule has 6 heteroatoms. The van der Waals surface area contributed by atoms with Crippen molar-refractivity contribution in [2.24, 2.45) is 0 Å². The SMILES string of the molecule is Cc1ccc(S(=O)(=O)n2ccnc2C[O])cc1. The highest BCUT2D eigenvalue weighted by atomic mass is 32.2. The van der Waals surface area contributed by atoms with Crippen LogP contribution in [-0.4, -0.2) is 17.4 Å². The van der Waals surface area contributed by atoms with E-state index in [1.54, 1.807) is 12.1 Å². The third-order valence-corrected chi connectivity index (χ3v) is 4.11. The van der Waals surface area contributed by atoms with E-state index in [2.05, 4.69) is 4.98 Å². The second kappa shape index (κ2) is 4.31. The molecule has 0 unspecified atom stereocenters. The van der Waals surface area contributed by atoms with Crippen LogP contribution in [0.1, 0.15) is 11.4 Å². The van der Waals surface area contributed by atoms with Gasteiger partial charge in [0.2, 0.25) is 0 Å². The van der Waals surface area contributed by atoms with Crippen molar-refractivity contribution in [1.29, 1.82) is 0 Å². The molecule has 17 heavy (non-hydrogen) atoms. The van der Waals surface area contributed by atoms with Gasteiger partial charge in [0.1, 0.15) is 6.61 Å². The zero-order chi connectivity index (χ0) is 12.5. The number of nitrogens with zero attached hydrogens (tertiary/aromatic N) is 2. The van der Waals surface area contributed by atoms with Gasteiger partial charge in [-0.15, -0.1) is 0 Å². The van der Waals surface area contributed by atoms with Gasteiger partial charge in [0, 0.05) is 12.4 Å². The van der Waals surface area contributed by atoms with Crippen molar-refractivity contribution in [2.75, 3.05) is 0 Å². The lowest BCUT2D eigenvalue weighted by molar-refractivity contribution is 0.169. The Morgan fingerprint density at radius 1 is 1.24 bits per heavy atom. The standard InChI is InChI=1S/C11H11N2O3S/c1-9-2-4-10(5-3-9)17(15,16)13-7-6-12-11(13)8-14/h2-7H,8H2,1H3. The van der Waals surface area contributed by atoms with Crippen LogP contribution in [0.2, 0.25) is 0 Å². The number of imidazole rings is 1. The molecule has 0 fully saturated rings. The van der Waals surface area contributed by atoms with Crippen LogP contribution < -0.4 is 0 Å². The van der Waals surface area contributed by atoms with Gasteiger partial charge in [0.05, 0.1) is 4.90 Å². The zero-order valence-electron chi connectivity index (χ0n) is 9.20. The van der Waals surface area contributed by atoms with Gasteiger partial charge < -0.3 is 0 Å². The Morgan fingerprint density at radius 3 is 2.47 bits per heavy atom. The Balaban J connectivity index is 2.54. The van der Waals surface area contributed by atoms with Gasteiger partial charge in [-0.05, 0) is 19.1 Å². The van der Waals surface area contributed by atoms with Gasteiger partial charge in [-0.2, -0.15) is 0 Å². The first-order valence-electron chi connectivity index (χ1n) is 4.98. The highest BCUT2D eigenvalue weighted by Gasteiger charge is 2.19. The molecule has 0 saturated carbocycles. The molecular weight excluding hydrogens is 240 g/mol. The van der Waals surface area contributed by atoms with Crippen molar-refractivity contribution in [3.05, 3.63) is 48.0 Å². The number of aryl methyl sites for hydroxylation is 1. The molecule has 1 aromatic heterocycles. The van der Waals surface area contributed by atoms with E-state index in [1.165, 1.54) is 24.5 Å². The van der Waals surface area contributed by atoms with Crippen LogP contribution in [0.15, 0.2) is 41.6 Å². The van der Waals surface area contributed by atoms with E-state index in [4.69, 9.17) is 0 Å². The number of aromatic nitrogens is 2. The first kappa shape index (κ1) is 11.8. The smallest absolute Gasteiger partial charge is 0.238 e. The highest BCUT2D eigenvalue weighted by molar-refractivity contribution is 7.90. The second-order valence-corrected chi connectivity index (χ2v) is 5.42. The van der Waals surface area contributed by atoms with E-state index in [-0.39, 0.29) is 10.7 Å². The first-order chi connectivity index (χ1) is 8.05. The molecule has 0 amide bonds. The van der Waals surface area contributed by atoms with Gasteiger partial charge in [-0.25, -0.2) is 22.5 Å². The summed E-state index contributed by atoms with van der Waals surface area (Å²) in [5.41, 5.74) is 0.971. The number of hydrogen-bond acceptors (Lipinski definition) is 3. The summed E-state index contributed by atoms with van der Waals surface area (Å²) in [6.45, 7) is 1.20. The molecule has 2 rings (SSSR count). The number of rotatable bonds is 3. The fourth-order valence-electron chi connectivity index (χ4n) is 1.47. The molecule has 1 aromatic carbocycles. The third-order valence-electron chi connectivity index (χ3n) is 2.39. The van der Waals surface area contributed by atoms with Crippen molar-refractivity contribution in [1.82, 2.24) is 8.96 Å². The van der Waals surface area contributed by atoms with Crippen LogP contribution in [0.5, 0.6) is 0 Å². The van der Waals surface area contributed by atoms with E-state index in [9.17, 15) is 13.5 Å². The topological polar surface area (TPSA) is 71.9 Å². The minimum absolute atomic E-state index is 0.00873. The summed E-state index contributed by atoms with van der Waals surface area (Å²) in [7, 11) is -3.70. The lowest BCUT2D eigenvalue weighted by Crippen LogP contribution is -2.15. The molecule has 0 bridgehead atoms. The van der Waals surface area contributed by atoms with Crippen molar-refractivity contribution < 1.29 is 13.5 Å². The molecule has 2 aromatic rings. The largest absolute Gasteiger partial charge is 0.269 e. The summed E-state index contributed by atoms with van der Waals surface area (Å²) >= 11 is 0. The molecule has 89 valence electrons. The fourth-order valence-corrected chi connectivity index (χ4v) is 2.77. The van der Waals surface area contributed by atoms with Crippen LogP contribution in [0.25, 0.3) is 0 Å². The van der Waals surface area contributed by atoms with Gasteiger partial charge in [0.25, 0.3) is 10.0 Å². The first-order valence-corrected chi connectivity index (χ1v) is 6.42. The lowest BCUT2D eigenvalue weighted by Gasteiger charge is -2.07. The zero-order valence-corrected chi connectivity index (χ0v) is 10.0. The van der Waals surface area contributed by atoms with Crippen LogP contribution in [0, 0.1) is 6.92 Å². The molecule has 0 aliphatic rings. The maximum Gasteiger partial charge on any atom is 0.269 e. The maximum atomic E-state index is 12.2. The number of hydrogen-bond donors (Lipinski definition) is 0. The predicted molar refractivity (Wildman–Crippen MR) is 60.4 cm³/mol. The fraction of sp³-hybridized carbons (Fsp3) is 0.182. The molecule has 0 N–H and O–H groups in total. The molecule has 0 aliphatic heterocycles. The minimum atomic E-state index is -3.70. The Labute approximate surface area is 99.4 Å². The van der Waals surface area contributed by atoms with Crippen molar-refractivity contribution in [3.63, 3.8) is 0 Å². The van der Waals surface area contributed by atoms with E-state index in [0.29, 0.717) is 0 Å². The van der Waals surface area contributed by atoms with Crippen LogP contribution in [0.4, 0.5) is 0 Å². The van der Waals surface area contributed by atoms with Gasteiger partial charge >= 0.3 is 0 Å².